The maximum atomic E-state index is 14.3. The van der Waals surface area contributed by atoms with Crippen LogP contribution >= 0.6 is 11.6 Å². The third kappa shape index (κ3) is 4.77. The minimum absolute atomic E-state index is 0.0424. The van der Waals surface area contributed by atoms with Gasteiger partial charge in [-0.2, -0.15) is 13.2 Å². The van der Waals surface area contributed by atoms with Gasteiger partial charge in [0.15, 0.2) is 5.60 Å². The normalized spacial score (nSPS) is 31.7. The average Bonchev–Trinajstić information content (AvgIpc) is 3.88. The van der Waals surface area contributed by atoms with Crippen molar-refractivity contribution in [3.8, 4) is 0 Å². The van der Waals surface area contributed by atoms with Crippen LogP contribution < -0.4 is 4.90 Å². The Kier molecular flexibility index (Phi) is 6.99. The molecule has 2 aromatic rings. The number of rotatable bonds is 5. The molecule has 7 nitrogen and oxygen atoms in total. The molecule has 3 atom stereocenters. The number of amides is 1. The molecular formula is C32H34ClF4N3O4. The van der Waals surface area contributed by atoms with Crippen LogP contribution in [-0.2, 0) is 28.7 Å². The number of carbonyl (C=O) groups excluding carboxylic acids is 1. The molecule has 0 aromatic heterocycles. The summed E-state index contributed by atoms with van der Waals surface area (Å²) < 4.78 is 61.1. The van der Waals surface area contributed by atoms with E-state index in [1.807, 2.05) is 0 Å². The Labute approximate surface area is 257 Å². The smallest absolute Gasteiger partial charge is 0.416 e. The largest absolute Gasteiger partial charge is 0.478 e. The van der Waals surface area contributed by atoms with Crippen LogP contribution in [0.25, 0.3) is 0 Å². The average molecular weight is 636 g/mol. The second-order valence-corrected chi connectivity index (χ2v) is 13.6. The minimum atomic E-state index is -4.52. The molecule has 7 rings (SSSR count). The van der Waals surface area contributed by atoms with Crippen molar-refractivity contribution in [2.75, 3.05) is 37.7 Å². The van der Waals surface area contributed by atoms with E-state index in [0.29, 0.717) is 68.4 Å². The standard InChI is InChI=1S/C32H34ClF4N3O4/c1-18-15-38(8-9-40(18)22-2-3-27(34)25(12-22)28(41)42)23-4-6-31(44-17-23,30-13-21(30)14-30)29(43)39-7-5-24-19(16-39)10-20(11-26(24)33)32(35,36)37/h2-3,10-12,18,21,23H,4-9,13-17H2,1H3,(H,41,42)/t18?,21?,23?,30?,31-/m1/s1. The summed E-state index contributed by atoms with van der Waals surface area (Å²) in [7, 11) is 0. The van der Waals surface area contributed by atoms with Gasteiger partial charge in [-0.1, -0.05) is 11.6 Å². The molecule has 3 heterocycles. The second-order valence-electron chi connectivity index (χ2n) is 13.2. The van der Waals surface area contributed by atoms with Gasteiger partial charge in [0, 0.05) is 60.9 Å². The van der Waals surface area contributed by atoms with Crippen LogP contribution in [0, 0.1) is 17.2 Å². The van der Waals surface area contributed by atoms with Crippen LogP contribution in [0.5, 0.6) is 0 Å². The number of alkyl halides is 3. The predicted octanol–water partition coefficient (Wildman–Crippen LogP) is 5.62. The highest BCUT2D eigenvalue weighted by Gasteiger charge is 2.82. The Bertz CT molecular complexity index is 1520. The minimum Gasteiger partial charge on any atom is -0.478 e. The van der Waals surface area contributed by atoms with Gasteiger partial charge in [-0.3, -0.25) is 9.69 Å². The summed E-state index contributed by atoms with van der Waals surface area (Å²) in [4.78, 5) is 31.8. The number of aromatic carboxylic acids is 1. The first kappa shape index (κ1) is 29.8. The number of piperazine rings is 1. The molecule has 0 bridgehead atoms. The van der Waals surface area contributed by atoms with Gasteiger partial charge in [-0.25, -0.2) is 9.18 Å². The number of hydrogen-bond acceptors (Lipinski definition) is 5. The summed E-state index contributed by atoms with van der Waals surface area (Å²) in [5.41, 5.74) is -0.483. The summed E-state index contributed by atoms with van der Waals surface area (Å²) in [6, 6.07) is 6.41. The molecule has 0 radical (unpaired) electrons. The first-order valence-corrected chi connectivity index (χ1v) is 15.6. The highest BCUT2D eigenvalue weighted by atomic mass is 35.5. The summed E-state index contributed by atoms with van der Waals surface area (Å²) in [6.07, 6.45) is -0.898. The van der Waals surface area contributed by atoms with Crippen molar-refractivity contribution in [3.63, 3.8) is 0 Å². The van der Waals surface area contributed by atoms with E-state index in [-0.39, 0.29) is 40.5 Å². The highest BCUT2D eigenvalue weighted by Crippen LogP contribution is 2.82. The monoisotopic (exact) mass is 635 g/mol. The van der Waals surface area contributed by atoms with E-state index in [0.717, 1.165) is 31.4 Å². The van der Waals surface area contributed by atoms with Gasteiger partial charge in [0.1, 0.15) is 5.82 Å². The molecular weight excluding hydrogens is 602 g/mol. The Morgan fingerprint density at radius 1 is 1.11 bits per heavy atom. The Hall–Kier alpha value is -2.89. The second kappa shape index (κ2) is 10.3. The summed E-state index contributed by atoms with van der Waals surface area (Å²) in [5, 5.41) is 9.43. The number of benzene rings is 2. The third-order valence-corrected chi connectivity index (χ3v) is 11.1. The molecule has 2 saturated carbocycles. The van der Waals surface area contributed by atoms with Crippen LogP contribution in [0.2, 0.25) is 5.02 Å². The van der Waals surface area contributed by atoms with Crippen molar-refractivity contribution in [2.45, 2.75) is 69.4 Å². The molecule has 44 heavy (non-hydrogen) atoms. The Balaban J connectivity index is 1.04. The Morgan fingerprint density at radius 2 is 1.86 bits per heavy atom. The van der Waals surface area contributed by atoms with Gasteiger partial charge in [0.05, 0.1) is 17.7 Å². The fourth-order valence-electron chi connectivity index (χ4n) is 7.98. The molecule has 1 N–H and O–H groups in total. The van der Waals surface area contributed by atoms with Gasteiger partial charge >= 0.3 is 12.1 Å². The molecule has 2 aromatic carbocycles. The number of anilines is 1. The number of fused-ring (bicyclic) bond motifs is 2. The van der Waals surface area contributed by atoms with Gasteiger partial charge < -0.3 is 19.6 Å². The third-order valence-electron chi connectivity index (χ3n) is 10.8. The van der Waals surface area contributed by atoms with Crippen molar-refractivity contribution in [1.82, 2.24) is 9.80 Å². The molecule has 0 spiro atoms. The Morgan fingerprint density at radius 3 is 2.48 bits per heavy atom. The van der Waals surface area contributed by atoms with Crippen LogP contribution in [0.4, 0.5) is 23.2 Å². The molecule has 236 valence electrons. The first-order valence-electron chi connectivity index (χ1n) is 15.2. The van der Waals surface area contributed by atoms with Crippen LogP contribution in [0.3, 0.4) is 0 Å². The van der Waals surface area contributed by atoms with E-state index in [2.05, 4.69) is 16.7 Å². The predicted molar refractivity (Wildman–Crippen MR) is 154 cm³/mol. The fourth-order valence-corrected chi connectivity index (χ4v) is 8.32. The van der Waals surface area contributed by atoms with Gasteiger partial charge in [0.25, 0.3) is 5.91 Å². The lowest BCUT2D eigenvalue weighted by molar-refractivity contribution is -0.182. The lowest BCUT2D eigenvalue weighted by Crippen LogP contribution is -2.62. The summed E-state index contributed by atoms with van der Waals surface area (Å²) in [5.74, 6) is -1.70. The van der Waals surface area contributed by atoms with E-state index < -0.39 is 29.1 Å². The van der Waals surface area contributed by atoms with Gasteiger partial charge in [0.2, 0.25) is 0 Å². The number of ether oxygens (including phenoxy) is 1. The maximum absolute atomic E-state index is 14.3. The van der Waals surface area contributed by atoms with E-state index in [9.17, 15) is 32.3 Å². The van der Waals surface area contributed by atoms with Crippen molar-refractivity contribution in [1.29, 1.82) is 0 Å². The van der Waals surface area contributed by atoms with Crippen LogP contribution in [0.1, 0.15) is 59.7 Å². The lowest BCUT2D eigenvalue weighted by Gasteiger charge is -2.49. The molecule has 2 aliphatic carbocycles. The number of carboxylic acids is 1. The molecule has 2 saturated heterocycles. The zero-order valence-electron chi connectivity index (χ0n) is 24.3. The topological polar surface area (TPSA) is 73.3 Å². The number of halogens is 5. The number of nitrogens with zero attached hydrogens (tertiary/aromatic N) is 3. The zero-order chi connectivity index (χ0) is 31.2. The summed E-state index contributed by atoms with van der Waals surface area (Å²) >= 11 is 6.24. The van der Waals surface area contributed by atoms with Gasteiger partial charge in [-0.05, 0) is 86.4 Å². The van der Waals surface area contributed by atoms with E-state index in [1.54, 1.807) is 11.0 Å². The fraction of sp³-hybridized carbons (Fsp3) is 0.562. The van der Waals surface area contributed by atoms with Crippen molar-refractivity contribution in [3.05, 3.63) is 63.4 Å². The number of hydrogen-bond donors (Lipinski definition) is 1. The van der Waals surface area contributed by atoms with E-state index in [1.165, 1.54) is 12.1 Å². The summed E-state index contributed by atoms with van der Waals surface area (Å²) in [6.45, 7) is 4.95. The first-order chi connectivity index (χ1) is 20.8. The van der Waals surface area contributed by atoms with Crippen LogP contribution in [0.15, 0.2) is 30.3 Å². The molecule has 2 unspecified atom stereocenters. The van der Waals surface area contributed by atoms with Crippen molar-refractivity contribution < 1.29 is 37.0 Å². The number of carbonyl (C=O) groups is 2. The molecule has 1 amide bonds. The van der Waals surface area contributed by atoms with E-state index >= 15 is 0 Å². The quantitative estimate of drug-likeness (QED) is 0.430. The van der Waals surface area contributed by atoms with Crippen LogP contribution in [-0.4, -0.2) is 77.3 Å². The maximum Gasteiger partial charge on any atom is 0.416 e. The van der Waals surface area contributed by atoms with Crippen molar-refractivity contribution in [2.24, 2.45) is 11.3 Å². The lowest BCUT2D eigenvalue weighted by atomic mass is 9.80. The van der Waals surface area contributed by atoms with Gasteiger partial charge in [-0.15, -0.1) is 0 Å². The molecule has 4 fully saturated rings. The van der Waals surface area contributed by atoms with E-state index in [4.69, 9.17) is 16.3 Å². The van der Waals surface area contributed by atoms with Crippen molar-refractivity contribution >= 4 is 29.2 Å². The molecule has 12 heteroatoms. The SMILES string of the molecule is CC1CN(C2CC[C@@](C(=O)N3CCc4c(Cl)cc(C(F)(F)F)cc4C3)(C34CC3C4)OC2)CCN1c1ccc(F)c(C(=O)O)c1. The molecule has 5 aliphatic rings. The number of carboxylic acid groups (broad SMARTS) is 1. The highest BCUT2D eigenvalue weighted by molar-refractivity contribution is 6.31. The zero-order valence-corrected chi connectivity index (χ0v) is 25.1. The molecule has 3 aliphatic heterocycles.